The van der Waals surface area contributed by atoms with E-state index in [9.17, 15) is 9.18 Å². The minimum atomic E-state index is -0.518. The molecule has 1 fully saturated rings. The number of aliphatic hydroxyl groups excluding tert-OH is 1. The highest BCUT2D eigenvalue weighted by Gasteiger charge is 2.34. The molecular formula is C13H17FN2O2. The van der Waals surface area contributed by atoms with Crippen LogP contribution in [-0.4, -0.2) is 36.2 Å². The molecule has 0 aromatic heterocycles. The summed E-state index contributed by atoms with van der Waals surface area (Å²) in [6, 6.07) is 5.88. The Hall–Kier alpha value is -1.62. The molecule has 0 aliphatic carbocycles. The van der Waals surface area contributed by atoms with E-state index in [4.69, 9.17) is 5.11 Å². The fourth-order valence-electron chi connectivity index (χ4n) is 2.36. The summed E-state index contributed by atoms with van der Waals surface area (Å²) in [4.78, 5) is 13.6. The Morgan fingerprint density at radius 3 is 2.89 bits per heavy atom. The van der Waals surface area contributed by atoms with Crippen LogP contribution in [0.15, 0.2) is 24.3 Å². The van der Waals surface area contributed by atoms with Gasteiger partial charge in [-0.3, -0.25) is 4.79 Å². The molecule has 2 atom stereocenters. The van der Waals surface area contributed by atoms with Crippen LogP contribution in [0.25, 0.3) is 0 Å². The molecule has 0 spiro atoms. The topological polar surface area (TPSA) is 52.6 Å². The minimum absolute atomic E-state index is 0.00356. The first-order valence-corrected chi connectivity index (χ1v) is 6.06. The smallest absolute Gasteiger partial charge is 0.242 e. The number of carbonyl (C=O) groups excluding carboxylic acids is 1. The second kappa shape index (κ2) is 5.35. The van der Waals surface area contributed by atoms with Crippen molar-refractivity contribution in [1.82, 2.24) is 5.32 Å². The van der Waals surface area contributed by atoms with E-state index >= 15 is 0 Å². The third kappa shape index (κ3) is 2.31. The van der Waals surface area contributed by atoms with Crippen LogP contribution in [0.2, 0.25) is 0 Å². The Morgan fingerprint density at radius 2 is 2.22 bits per heavy atom. The molecule has 1 aliphatic heterocycles. The van der Waals surface area contributed by atoms with Crippen molar-refractivity contribution in [3.8, 4) is 0 Å². The Bertz CT molecular complexity index is 439. The van der Waals surface area contributed by atoms with E-state index in [1.165, 1.54) is 6.07 Å². The van der Waals surface area contributed by atoms with E-state index < -0.39 is 6.04 Å². The number of carbonyl (C=O) groups is 1. The maximum Gasteiger partial charge on any atom is 0.242 e. The number of nitrogens with one attached hydrogen (secondary N) is 1. The Labute approximate surface area is 105 Å². The number of anilines is 1. The fraction of sp³-hybridized carbons (Fsp3) is 0.462. The molecule has 1 amide bonds. The summed E-state index contributed by atoms with van der Waals surface area (Å²) in [6.07, 6.45) is 0.296. The summed E-state index contributed by atoms with van der Waals surface area (Å²) >= 11 is 0. The van der Waals surface area contributed by atoms with Crippen molar-refractivity contribution < 1.29 is 14.3 Å². The van der Waals surface area contributed by atoms with Gasteiger partial charge in [0.15, 0.2) is 0 Å². The van der Waals surface area contributed by atoms with Gasteiger partial charge in [-0.15, -0.1) is 0 Å². The molecule has 2 N–H and O–H groups in total. The highest BCUT2D eigenvalue weighted by Crippen LogP contribution is 2.26. The largest absolute Gasteiger partial charge is 0.396 e. The number of aliphatic hydroxyl groups is 1. The van der Waals surface area contributed by atoms with Gasteiger partial charge in [-0.25, -0.2) is 4.39 Å². The molecule has 0 radical (unpaired) electrons. The van der Waals surface area contributed by atoms with Crippen LogP contribution >= 0.6 is 0 Å². The normalized spacial score (nSPS) is 23.9. The van der Waals surface area contributed by atoms with E-state index in [2.05, 4.69) is 5.32 Å². The van der Waals surface area contributed by atoms with Crippen molar-refractivity contribution in [2.75, 3.05) is 18.1 Å². The number of para-hydroxylation sites is 1. The van der Waals surface area contributed by atoms with Crippen LogP contribution in [-0.2, 0) is 4.79 Å². The molecule has 0 bridgehead atoms. The number of halogens is 1. The lowest BCUT2D eigenvalue weighted by Gasteiger charge is -2.41. The first-order valence-electron chi connectivity index (χ1n) is 6.06. The molecule has 98 valence electrons. The molecule has 0 saturated carbocycles. The zero-order chi connectivity index (χ0) is 13.1. The monoisotopic (exact) mass is 252 g/mol. The van der Waals surface area contributed by atoms with Gasteiger partial charge in [0.1, 0.15) is 11.9 Å². The van der Waals surface area contributed by atoms with Gasteiger partial charge >= 0.3 is 0 Å². The van der Waals surface area contributed by atoms with E-state index in [1.807, 2.05) is 6.92 Å². The molecular weight excluding hydrogens is 235 g/mol. The summed E-state index contributed by atoms with van der Waals surface area (Å²) < 4.78 is 13.9. The lowest BCUT2D eigenvalue weighted by molar-refractivity contribution is -0.124. The van der Waals surface area contributed by atoms with Crippen LogP contribution in [0.5, 0.6) is 0 Å². The number of nitrogens with zero attached hydrogens (tertiary/aromatic N) is 1. The van der Waals surface area contributed by atoms with Crippen LogP contribution < -0.4 is 10.2 Å². The van der Waals surface area contributed by atoms with E-state index in [-0.39, 0.29) is 24.4 Å². The molecule has 1 aromatic carbocycles. The van der Waals surface area contributed by atoms with Gasteiger partial charge < -0.3 is 15.3 Å². The maximum atomic E-state index is 13.9. The predicted molar refractivity (Wildman–Crippen MR) is 66.8 cm³/mol. The Morgan fingerprint density at radius 1 is 1.50 bits per heavy atom. The quantitative estimate of drug-likeness (QED) is 0.840. The summed E-state index contributed by atoms with van der Waals surface area (Å²) in [5.41, 5.74) is 0.415. The van der Waals surface area contributed by atoms with Gasteiger partial charge in [-0.05, 0) is 25.5 Å². The average Bonchev–Trinajstić information content (AvgIpc) is 2.36. The number of benzene rings is 1. The van der Waals surface area contributed by atoms with Crippen LogP contribution in [0.3, 0.4) is 0 Å². The Balaban J connectivity index is 2.36. The first-order chi connectivity index (χ1) is 8.65. The second-order valence-corrected chi connectivity index (χ2v) is 4.48. The maximum absolute atomic E-state index is 13.9. The number of hydrogen-bond donors (Lipinski definition) is 2. The van der Waals surface area contributed by atoms with E-state index in [0.29, 0.717) is 18.7 Å². The minimum Gasteiger partial charge on any atom is -0.396 e. The standard InChI is InChI=1S/C13H17FN2O2/c1-9-8-15-13(18)12(6-7-17)16(9)11-5-3-2-4-10(11)14/h2-5,9,12,17H,6-8H2,1H3,(H,15,18). The van der Waals surface area contributed by atoms with Crippen molar-refractivity contribution in [1.29, 1.82) is 0 Å². The van der Waals surface area contributed by atoms with Gasteiger partial charge in [0, 0.05) is 19.2 Å². The lowest BCUT2D eigenvalue weighted by Crippen LogP contribution is -2.60. The van der Waals surface area contributed by atoms with Crippen LogP contribution in [0, 0.1) is 5.82 Å². The lowest BCUT2D eigenvalue weighted by atomic mass is 10.0. The van der Waals surface area contributed by atoms with Gasteiger partial charge in [0.2, 0.25) is 5.91 Å². The molecule has 18 heavy (non-hydrogen) atoms. The third-order valence-electron chi connectivity index (χ3n) is 3.22. The van der Waals surface area contributed by atoms with Gasteiger partial charge in [0.05, 0.1) is 5.69 Å². The van der Waals surface area contributed by atoms with Gasteiger partial charge in [-0.1, -0.05) is 12.1 Å². The van der Waals surface area contributed by atoms with E-state index in [0.717, 1.165) is 0 Å². The molecule has 2 unspecified atom stereocenters. The Kier molecular flexibility index (Phi) is 3.81. The fourth-order valence-corrected chi connectivity index (χ4v) is 2.36. The number of hydrogen-bond acceptors (Lipinski definition) is 3. The summed E-state index contributed by atoms with van der Waals surface area (Å²) in [5.74, 6) is -0.507. The summed E-state index contributed by atoms with van der Waals surface area (Å²) in [6.45, 7) is 2.31. The van der Waals surface area contributed by atoms with Crippen LogP contribution in [0.1, 0.15) is 13.3 Å². The van der Waals surface area contributed by atoms with Crippen molar-refractivity contribution in [2.45, 2.75) is 25.4 Å². The second-order valence-electron chi connectivity index (χ2n) is 4.48. The molecule has 5 heteroatoms. The van der Waals surface area contributed by atoms with E-state index in [1.54, 1.807) is 23.1 Å². The molecule has 2 rings (SSSR count). The van der Waals surface area contributed by atoms with Crippen molar-refractivity contribution in [3.63, 3.8) is 0 Å². The zero-order valence-electron chi connectivity index (χ0n) is 10.3. The van der Waals surface area contributed by atoms with Crippen molar-refractivity contribution >= 4 is 11.6 Å². The van der Waals surface area contributed by atoms with Gasteiger partial charge in [0.25, 0.3) is 0 Å². The number of amides is 1. The average molecular weight is 252 g/mol. The highest BCUT2D eigenvalue weighted by molar-refractivity contribution is 5.87. The summed E-state index contributed by atoms with van der Waals surface area (Å²) in [7, 11) is 0. The van der Waals surface area contributed by atoms with Crippen molar-refractivity contribution in [3.05, 3.63) is 30.1 Å². The molecule has 1 aromatic rings. The van der Waals surface area contributed by atoms with Gasteiger partial charge in [-0.2, -0.15) is 0 Å². The zero-order valence-corrected chi connectivity index (χ0v) is 10.3. The van der Waals surface area contributed by atoms with Crippen LogP contribution in [0.4, 0.5) is 10.1 Å². The van der Waals surface area contributed by atoms with Crippen molar-refractivity contribution in [2.24, 2.45) is 0 Å². The SMILES string of the molecule is CC1CNC(=O)C(CCO)N1c1ccccc1F. The molecule has 1 heterocycles. The highest BCUT2D eigenvalue weighted by atomic mass is 19.1. The third-order valence-corrected chi connectivity index (χ3v) is 3.22. The molecule has 1 aliphatic rings. The first kappa shape index (κ1) is 12.8. The predicted octanol–water partition coefficient (Wildman–Crippen LogP) is 0.901. The molecule has 4 nitrogen and oxygen atoms in total. The summed E-state index contributed by atoms with van der Waals surface area (Å²) in [5, 5.41) is 11.8. The molecule has 1 saturated heterocycles. The number of rotatable bonds is 3. The number of piperazine rings is 1.